The maximum Gasteiger partial charge on any atom is 0.204 e. The smallest absolute Gasteiger partial charge is 0.204 e. The molecule has 0 saturated carbocycles. The van der Waals surface area contributed by atoms with Crippen molar-refractivity contribution in [1.29, 1.82) is 0 Å². The predicted molar refractivity (Wildman–Crippen MR) is 62.9 cm³/mol. The molecule has 0 amide bonds. The monoisotopic (exact) mass is 246 g/mol. The second-order valence-corrected chi connectivity index (χ2v) is 4.92. The summed E-state index contributed by atoms with van der Waals surface area (Å²) < 4.78 is 7.96. The number of ether oxygens (including phenoxy) is 1. The molecule has 1 aromatic heterocycles. The maximum atomic E-state index is 5.29. The minimum atomic E-state index is 0.764. The molecule has 1 aromatic rings. The summed E-state index contributed by atoms with van der Waals surface area (Å²) in [5, 5.41) is 8.23. The standard InChI is InChI=1S/C8H14N4OS2/c1-9-7-10-12(8(14)15-7)6-11-2-4-13-5-3-11/h2-6H2,1H3,(H,9,10). The van der Waals surface area contributed by atoms with Gasteiger partial charge in [0.1, 0.15) is 0 Å². The number of hydrogen-bond donors (Lipinski definition) is 1. The molecule has 2 rings (SSSR count). The normalized spacial score (nSPS) is 17.9. The van der Waals surface area contributed by atoms with Crippen molar-refractivity contribution in [3.8, 4) is 0 Å². The Morgan fingerprint density at radius 2 is 2.27 bits per heavy atom. The molecule has 2 heterocycles. The fourth-order valence-electron chi connectivity index (χ4n) is 1.43. The Morgan fingerprint density at radius 3 is 2.87 bits per heavy atom. The van der Waals surface area contributed by atoms with Crippen LogP contribution in [-0.4, -0.2) is 48.0 Å². The van der Waals surface area contributed by atoms with Crippen molar-refractivity contribution in [1.82, 2.24) is 14.7 Å². The van der Waals surface area contributed by atoms with Crippen LogP contribution in [0.3, 0.4) is 0 Å². The highest BCUT2D eigenvalue weighted by Gasteiger charge is 2.12. The molecule has 0 aromatic carbocycles. The van der Waals surface area contributed by atoms with Crippen molar-refractivity contribution in [3.63, 3.8) is 0 Å². The van der Waals surface area contributed by atoms with Crippen LogP contribution in [0.4, 0.5) is 5.13 Å². The van der Waals surface area contributed by atoms with E-state index in [4.69, 9.17) is 17.0 Å². The fourth-order valence-corrected chi connectivity index (χ4v) is 2.37. The minimum Gasteiger partial charge on any atom is -0.379 e. The van der Waals surface area contributed by atoms with Gasteiger partial charge in [-0.2, -0.15) is 0 Å². The summed E-state index contributed by atoms with van der Waals surface area (Å²) in [7, 11) is 1.85. The first-order valence-electron chi connectivity index (χ1n) is 4.85. The summed E-state index contributed by atoms with van der Waals surface area (Å²) in [6.07, 6.45) is 0. The van der Waals surface area contributed by atoms with E-state index in [-0.39, 0.29) is 0 Å². The molecular weight excluding hydrogens is 232 g/mol. The number of nitrogens with one attached hydrogen (secondary N) is 1. The summed E-state index contributed by atoms with van der Waals surface area (Å²) in [6, 6.07) is 0. The van der Waals surface area contributed by atoms with E-state index in [2.05, 4.69) is 15.3 Å². The van der Waals surface area contributed by atoms with E-state index >= 15 is 0 Å². The largest absolute Gasteiger partial charge is 0.379 e. The Bertz CT molecular complexity index is 369. The van der Waals surface area contributed by atoms with Crippen molar-refractivity contribution in [2.24, 2.45) is 0 Å². The molecule has 5 nitrogen and oxygen atoms in total. The van der Waals surface area contributed by atoms with Gasteiger partial charge in [0.25, 0.3) is 0 Å². The first-order chi connectivity index (χ1) is 7.29. The molecule has 0 bridgehead atoms. The molecule has 0 radical (unpaired) electrons. The first-order valence-corrected chi connectivity index (χ1v) is 6.08. The van der Waals surface area contributed by atoms with E-state index in [1.807, 2.05) is 11.7 Å². The van der Waals surface area contributed by atoms with Crippen LogP contribution in [0.15, 0.2) is 0 Å². The van der Waals surface area contributed by atoms with E-state index in [1.54, 1.807) is 0 Å². The van der Waals surface area contributed by atoms with Crippen molar-refractivity contribution in [3.05, 3.63) is 3.95 Å². The lowest BCUT2D eigenvalue weighted by molar-refractivity contribution is 0.0212. The minimum absolute atomic E-state index is 0.764. The number of rotatable bonds is 3. The van der Waals surface area contributed by atoms with Gasteiger partial charge in [-0.25, -0.2) is 4.68 Å². The van der Waals surface area contributed by atoms with Crippen LogP contribution in [0.1, 0.15) is 0 Å². The van der Waals surface area contributed by atoms with Crippen LogP contribution < -0.4 is 5.32 Å². The molecule has 0 spiro atoms. The molecule has 15 heavy (non-hydrogen) atoms. The lowest BCUT2D eigenvalue weighted by atomic mass is 10.4. The highest BCUT2D eigenvalue weighted by molar-refractivity contribution is 7.73. The van der Waals surface area contributed by atoms with Crippen LogP contribution in [0.5, 0.6) is 0 Å². The number of nitrogens with zero attached hydrogens (tertiary/aromatic N) is 3. The topological polar surface area (TPSA) is 42.3 Å². The van der Waals surface area contributed by atoms with Crippen LogP contribution >= 0.6 is 23.6 Å². The van der Waals surface area contributed by atoms with Gasteiger partial charge in [0.2, 0.25) is 5.13 Å². The number of morpholine rings is 1. The van der Waals surface area contributed by atoms with Crippen LogP contribution in [0.25, 0.3) is 0 Å². The van der Waals surface area contributed by atoms with Gasteiger partial charge in [0, 0.05) is 20.1 Å². The maximum absolute atomic E-state index is 5.29. The number of anilines is 1. The predicted octanol–water partition coefficient (Wildman–Crippen LogP) is 1.01. The second-order valence-electron chi connectivity index (χ2n) is 3.29. The molecule has 0 aliphatic carbocycles. The second kappa shape index (κ2) is 5.02. The molecule has 1 saturated heterocycles. The Labute approximate surface area is 97.7 Å². The quantitative estimate of drug-likeness (QED) is 0.806. The lowest BCUT2D eigenvalue weighted by Gasteiger charge is -2.25. The Balaban J connectivity index is 2.02. The molecule has 7 heteroatoms. The molecule has 1 N–H and O–H groups in total. The zero-order valence-corrected chi connectivity index (χ0v) is 10.2. The van der Waals surface area contributed by atoms with Gasteiger partial charge >= 0.3 is 0 Å². The van der Waals surface area contributed by atoms with Gasteiger partial charge < -0.3 is 10.1 Å². The van der Waals surface area contributed by atoms with Crippen LogP contribution in [0.2, 0.25) is 0 Å². The van der Waals surface area contributed by atoms with Crippen LogP contribution in [-0.2, 0) is 11.4 Å². The third-order valence-corrected chi connectivity index (χ3v) is 3.58. The average Bonchev–Trinajstić information content (AvgIpc) is 2.61. The summed E-state index contributed by atoms with van der Waals surface area (Å²) >= 11 is 6.73. The molecule has 0 unspecified atom stereocenters. The van der Waals surface area contributed by atoms with Gasteiger partial charge in [-0.3, -0.25) is 4.90 Å². The lowest BCUT2D eigenvalue weighted by Crippen LogP contribution is -2.37. The van der Waals surface area contributed by atoms with Gasteiger partial charge in [0.15, 0.2) is 3.95 Å². The third-order valence-electron chi connectivity index (χ3n) is 2.26. The zero-order valence-electron chi connectivity index (χ0n) is 8.60. The molecular formula is C8H14N4OS2. The van der Waals surface area contributed by atoms with Gasteiger partial charge in [-0.15, -0.1) is 5.10 Å². The first kappa shape index (κ1) is 11.0. The average molecular weight is 246 g/mol. The van der Waals surface area contributed by atoms with E-state index in [0.29, 0.717) is 0 Å². The molecule has 1 aliphatic heterocycles. The van der Waals surface area contributed by atoms with Crippen molar-refractivity contribution >= 4 is 28.7 Å². The highest BCUT2D eigenvalue weighted by atomic mass is 32.1. The summed E-state index contributed by atoms with van der Waals surface area (Å²) in [6.45, 7) is 4.27. The molecule has 1 fully saturated rings. The van der Waals surface area contributed by atoms with E-state index in [9.17, 15) is 0 Å². The van der Waals surface area contributed by atoms with Gasteiger partial charge in [-0.1, -0.05) is 11.3 Å². The molecule has 84 valence electrons. The summed E-state index contributed by atoms with van der Waals surface area (Å²) in [5.74, 6) is 0. The SMILES string of the molecule is CNc1nn(CN2CCOCC2)c(=S)s1. The highest BCUT2D eigenvalue weighted by Crippen LogP contribution is 2.13. The van der Waals surface area contributed by atoms with Crippen molar-refractivity contribution < 1.29 is 4.74 Å². The molecule has 1 aliphatic rings. The third kappa shape index (κ3) is 2.75. The van der Waals surface area contributed by atoms with Crippen LogP contribution in [0, 0.1) is 3.95 Å². The van der Waals surface area contributed by atoms with Crippen molar-refractivity contribution in [2.45, 2.75) is 6.67 Å². The zero-order chi connectivity index (χ0) is 10.7. The van der Waals surface area contributed by atoms with E-state index < -0.39 is 0 Å². The molecule has 0 atom stereocenters. The number of hydrogen-bond acceptors (Lipinski definition) is 6. The number of aromatic nitrogens is 2. The summed E-state index contributed by atoms with van der Waals surface area (Å²) in [5.41, 5.74) is 0. The van der Waals surface area contributed by atoms with Crippen molar-refractivity contribution in [2.75, 3.05) is 38.7 Å². The fraction of sp³-hybridized carbons (Fsp3) is 0.750. The Morgan fingerprint density at radius 1 is 1.53 bits per heavy atom. The van der Waals surface area contributed by atoms with Gasteiger partial charge in [-0.05, 0) is 12.2 Å². The summed E-state index contributed by atoms with van der Waals surface area (Å²) in [4.78, 5) is 2.29. The van der Waals surface area contributed by atoms with E-state index in [1.165, 1.54) is 11.3 Å². The van der Waals surface area contributed by atoms with Gasteiger partial charge in [0.05, 0.1) is 19.9 Å². The van der Waals surface area contributed by atoms with E-state index in [0.717, 1.165) is 42.1 Å². The Hall–Kier alpha value is -0.500. The Kier molecular flexibility index (Phi) is 3.68.